The Hall–Kier alpha value is -1.51. The lowest BCUT2D eigenvalue weighted by Crippen LogP contribution is -2.43. The van der Waals surface area contributed by atoms with Gasteiger partial charge in [0.25, 0.3) is 0 Å². The molecule has 0 saturated heterocycles. The lowest BCUT2D eigenvalue weighted by Gasteiger charge is -2.31. The summed E-state index contributed by atoms with van der Waals surface area (Å²) in [6, 6.07) is 8.43. The summed E-state index contributed by atoms with van der Waals surface area (Å²) in [5, 5.41) is 6.46. The summed E-state index contributed by atoms with van der Waals surface area (Å²) < 4.78 is 0. The highest BCUT2D eigenvalue weighted by molar-refractivity contribution is 5.81. The van der Waals surface area contributed by atoms with Crippen LogP contribution in [0.4, 0.5) is 5.69 Å². The summed E-state index contributed by atoms with van der Waals surface area (Å²) in [6.45, 7) is 5.01. The molecular weight excluding hydrogens is 224 g/mol. The molecule has 1 amide bonds. The molecule has 0 aliphatic carbocycles. The zero-order valence-electron chi connectivity index (χ0n) is 11.2. The van der Waals surface area contributed by atoms with E-state index in [0.717, 1.165) is 25.8 Å². The van der Waals surface area contributed by atoms with E-state index in [9.17, 15) is 4.79 Å². The summed E-state index contributed by atoms with van der Waals surface area (Å²) in [5.41, 5.74) is 2.41. The molecule has 0 aromatic heterocycles. The number of benzene rings is 1. The highest BCUT2D eigenvalue weighted by Crippen LogP contribution is 2.28. The van der Waals surface area contributed by atoms with Crippen LogP contribution in [0.2, 0.25) is 0 Å². The summed E-state index contributed by atoms with van der Waals surface area (Å²) in [6.07, 6.45) is 3.00. The van der Waals surface area contributed by atoms with Gasteiger partial charge in [-0.3, -0.25) is 4.79 Å². The number of carbonyl (C=O) groups excluding carboxylic acids is 1. The molecule has 18 heavy (non-hydrogen) atoms. The average molecular weight is 246 g/mol. The zero-order chi connectivity index (χ0) is 13.0. The largest absolute Gasteiger partial charge is 0.382 e. The zero-order valence-corrected chi connectivity index (χ0v) is 11.2. The van der Waals surface area contributed by atoms with Crippen molar-refractivity contribution in [3.8, 4) is 0 Å². The first-order valence-electron chi connectivity index (χ1n) is 6.84. The Morgan fingerprint density at radius 2 is 2.22 bits per heavy atom. The van der Waals surface area contributed by atoms with E-state index in [0.29, 0.717) is 0 Å². The van der Waals surface area contributed by atoms with Gasteiger partial charge in [-0.2, -0.15) is 0 Å². The van der Waals surface area contributed by atoms with Crippen molar-refractivity contribution >= 4 is 11.6 Å². The Morgan fingerprint density at radius 1 is 1.44 bits per heavy atom. The van der Waals surface area contributed by atoms with Crippen LogP contribution in [0.1, 0.15) is 32.3 Å². The monoisotopic (exact) mass is 246 g/mol. The molecule has 3 heteroatoms. The first-order chi connectivity index (χ1) is 8.72. The second kappa shape index (κ2) is 5.89. The molecule has 98 valence electrons. The molecule has 3 nitrogen and oxygen atoms in total. The smallest absolute Gasteiger partial charge is 0.225 e. The number of rotatable bonds is 4. The standard InChI is InChI=1S/C15H22N2O/c1-3-4-9-16-15(18)13-10-12-7-5-6-8-14(12)17-11(13)2/h5-8,11,13,17H,3-4,9-10H2,1-2H3,(H,16,18). The number of hydrogen-bond donors (Lipinski definition) is 2. The quantitative estimate of drug-likeness (QED) is 0.802. The third-order valence-corrected chi connectivity index (χ3v) is 3.61. The minimum absolute atomic E-state index is 0.0387. The Kier molecular flexibility index (Phi) is 4.24. The maximum Gasteiger partial charge on any atom is 0.225 e. The SMILES string of the molecule is CCCCNC(=O)C1Cc2ccccc2NC1C. The molecule has 2 atom stereocenters. The summed E-state index contributed by atoms with van der Waals surface area (Å²) in [4.78, 5) is 12.1. The molecule has 0 fully saturated rings. The molecule has 2 unspecified atom stereocenters. The van der Waals surface area contributed by atoms with E-state index in [1.807, 2.05) is 12.1 Å². The lowest BCUT2D eigenvalue weighted by atomic mass is 9.87. The first kappa shape index (κ1) is 12.9. The molecule has 1 heterocycles. The molecule has 0 bridgehead atoms. The van der Waals surface area contributed by atoms with Gasteiger partial charge in [0.05, 0.1) is 5.92 Å². The van der Waals surface area contributed by atoms with E-state index in [2.05, 4.69) is 36.6 Å². The molecule has 1 aliphatic heterocycles. The molecule has 1 aromatic rings. The predicted molar refractivity (Wildman–Crippen MR) is 74.6 cm³/mol. The molecule has 2 N–H and O–H groups in total. The van der Waals surface area contributed by atoms with Crippen molar-refractivity contribution in [1.82, 2.24) is 5.32 Å². The number of para-hydroxylation sites is 1. The van der Waals surface area contributed by atoms with E-state index in [-0.39, 0.29) is 17.9 Å². The van der Waals surface area contributed by atoms with Gasteiger partial charge in [-0.15, -0.1) is 0 Å². The second-order valence-electron chi connectivity index (χ2n) is 5.05. The Bertz CT molecular complexity index is 417. The molecular formula is C15H22N2O. The topological polar surface area (TPSA) is 41.1 Å². The normalized spacial score (nSPS) is 21.9. The second-order valence-corrected chi connectivity index (χ2v) is 5.05. The van der Waals surface area contributed by atoms with Crippen LogP contribution < -0.4 is 10.6 Å². The first-order valence-corrected chi connectivity index (χ1v) is 6.84. The maximum atomic E-state index is 12.1. The van der Waals surface area contributed by atoms with Gasteiger partial charge in [0, 0.05) is 18.3 Å². The van der Waals surface area contributed by atoms with Crippen molar-refractivity contribution in [2.75, 3.05) is 11.9 Å². The summed E-state index contributed by atoms with van der Waals surface area (Å²) in [5.74, 6) is 0.217. The number of carbonyl (C=O) groups is 1. The van der Waals surface area contributed by atoms with Crippen LogP contribution in [-0.2, 0) is 11.2 Å². The Labute approximate surface area is 109 Å². The molecule has 0 spiro atoms. The van der Waals surface area contributed by atoms with E-state index in [1.54, 1.807) is 0 Å². The van der Waals surface area contributed by atoms with Gasteiger partial charge in [0.1, 0.15) is 0 Å². The highest BCUT2D eigenvalue weighted by Gasteiger charge is 2.29. The Morgan fingerprint density at radius 3 is 3.00 bits per heavy atom. The third kappa shape index (κ3) is 2.84. The van der Waals surface area contributed by atoms with Crippen molar-refractivity contribution in [2.24, 2.45) is 5.92 Å². The van der Waals surface area contributed by atoms with Gasteiger partial charge in [-0.1, -0.05) is 31.5 Å². The van der Waals surface area contributed by atoms with Crippen LogP contribution in [0.15, 0.2) is 24.3 Å². The fourth-order valence-electron chi connectivity index (χ4n) is 2.44. The van der Waals surface area contributed by atoms with Crippen LogP contribution in [0.5, 0.6) is 0 Å². The fourth-order valence-corrected chi connectivity index (χ4v) is 2.44. The molecule has 1 aromatic carbocycles. The third-order valence-electron chi connectivity index (χ3n) is 3.61. The van der Waals surface area contributed by atoms with Crippen molar-refractivity contribution in [1.29, 1.82) is 0 Å². The van der Waals surface area contributed by atoms with Crippen LogP contribution in [0.3, 0.4) is 0 Å². The number of fused-ring (bicyclic) bond motifs is 1. The minimum Gasteiger partial charge on any atom is -0.382 e. The highest BCUT2D eigenvalue weighted by atomic mass is 16.1. The molecule has 0 radical (unpaired) electrons. The van der Waals surface area contributed by atoms with Gasteiger partial charge in [-0.25, -0.2) is 0 Å². The van der Waals surface area contributed by atoms with Crippen LogP contribution >= 0.6 is 0 Å². The number of anilines is 1. The number of nitrogens with one attached hydrogen (secondary N) is 2. The van der Waals surface area contributed by atoms with Crippen molar-refractivity contribution < 1.29 is 4.79 Å². The van der Waals surface area contributed by atoms with Gasteiger partial charge in [0.2, 0.25) is 5.91 Å². The number of unbranched alkanes of at least 4 members (excludes halogenated alkanes) is 1. The summed E-state index contributed by atoms with van der Waals surface area (Å²) >= 11 is 0. The molecule has 1 aliphatic rings. The average Bonchev–Trinajstić information content (AvgIpc) is 2.38. The van der Waals surface area contributed by atoms with Gasteiger partial charge < -0.3 is 10.6 Å². The van der Waals surface area contributed by atoms with Gasteiger partial charge >= 0.3 is 0 Å². The predicted octanol–water partition coefficient (Wildman–Crippen LogP) is 2.58. The van der Waals surface area contributed by atoms with Crippen molar-refractivity contribution in [2.45, 2.75) is 39.2 Å². The molecule has 0 saturated carbocycles. The van der Waals surface area contributed by atoms with Crippen molar-refractivity contribution in [3.05, 3.63) is 29.8 Å². The minimum atomic E-state index is 0.0387. The van der Waals surface area contributed by atoms with E-state index in [1.165, 1.54) is 11.3 Å². The fraction of sp³-hybridized carbons (Fsp3) is 0.533. The maximum absolute atomic E-state index is 12.1. The van der Waals surface area contributed by atoms with Crippen LogP contribution in [-0.4, -0.2) is 18.5 Å². The van der Waals surface area contributed by atoms with E-state index in [4.69, 9.17) is 0 Å². The van der Waals surface area contributed by atoms with Crippen LogP contribution in [0, 0.1) is 5.92 Å². The van der Waals surface area contributed by atoms with E-state index >= 15 is 0 Å². The number of hydrogen-bond acceptors (Lipinski definition) is 2. The molecule has 2 rings (SSSR count). The van der Waals surface area contributed by atoms with Crippen LogP contribution in [0.25, 0.3) is 0 Å². The summed E-state index contributed by atoms with van der Waals surface area (Å²) in [7, 11) is 0. The van der Waals surface area contributed by atoms with E-state index < -0.39 is 0 Å². The Balaban J connectivity index is 2.00. The number of amides is 1. The van der Waals surface area contributed by atoms with Crippen molar-refractivity contribution in [3.63, 3.8) is 0 Å². The van der Waals surface area contributed by atoms with Gasteiger partial charge in [-0.05, 0) is 31.4 Å². The lowest BCUT2D eigenvalue weighted by molar-refractivity contribution is -0.125. The van der Waals surface area contributed by atoms with Gasteiger partial charge in [0.15, 0.2) is 0 Å².